The van der Waals surface area contributed by atoms with Crippen LogP contribution >= 0.6 is 0 Å². The standard InChI is InChI=1S/C21H23N3O6/c1-29-12-10-22-18-9-8-16(24(27)28)13-17(18)21(26)30-14-20(25)23-11-4-6-15-5-2-3-7-19(15)23/h2-3,5,7-9,13,22H,4,6,10-12,14H2,1H3. The zero-order chi connectivity index (χ0) is 21.5. The molecule has 0 saturated carbocycles. The third kappa shape index (κ3) is 4.93. The van der Waals surface area contributed by atoms with Crippen molar-refractivity contribution in [2.75, 3.05) is 43.6 Å². The highest BCUT2D eigenvalue weighted by molar-refractivity contribution is 6.00. The fourth-order valence-corrected chi connectivity index (χ4v) is 3.33. The Labute approximate surface area is 173 Å². The average Bonchev–Trinajstić information content (AvgIpc) is 2.77. The Morgan fingerprint density at radius 2 is 2.03 bits per heavy atom. The summed E-state index contributed by atoms with van der Waals surface area (Å²) in [5.74, 6) is -1.15. The molecule has 0 radical (unpaired) electrons. The molecule has 0 fully saturated rings. The van der Waals surface area contributed by atoms with Crippen LogP contribution in [0.1, 0.15) is 22.3 Å². The predicted molar refractivity (Wildman–Crippen MR) is 111 cm³/mol. The number of carbonyl (C=O) groups excluding carboxylic acids is 2. The number of rotatable bonds is 8. The van der Waals surface area contributed by atoms with E-state index in [2.05, 4.69) is 5.32 Å². The summed E-state index contributed by atoms with van der Waals surface area (Å²) in [5, 5.41) is 14.1. The predicted octanol–water partition coefficient (Wildman–Crippen LogP) is 2.79. The van der Waals surface area contributed by atoms with E-state index in [9.17, 15) is 19.7 Å². The fourth-order valence-electron chi connectivity index (χ4n) is 3.33. The molecule has 2 aromatic rings. The Morgan fingerprint density at radius 1 is 1.23 bits per heavy atom. The van der Waals surface area contributed by atoms with Crippen LogP contribution in [0.15, 0.2) is 42.5 Å². The van der Waals surface area contributed by atoms with E-state index < -0.39 is 17.5 Å². The molecule has 0 unspecified atom stereocenters. The third-order valence-corrected chi connectivity index (χ3v) is 4.79. The topological polar surface area (TPSA) is 111 Å². The maximum Gasteiger partial charge on any atom is 0.341 e. The average molecular weight is 413 g/mol. The Kier molecular flexibility index (Phi) is 6.97. The molecule has 1 amide bonds. The number of nitro groups is 1. The number of nitro benzene ring substituents is 1. The van der Waals surface area contributed by atoms with Gasteiger partial charge in [-0.2, -0.15) is 0 Å². The van der Waals surface area contributed by atoms with Gasteiger partial charge in [0.25, 0.3) is 11.6 Å². The minimum absolute atomic E-state index is 0.00727. The molecule has 0 aromatic heterocycles. The van der Waals surface area contributed by atoms with Crippen LogP contribution < -0.4 is 10.2 Å². The van der Waals surface area contributed by atoms with E-state index in [1.807, 2.05) is 24.3 Å². The Balaban J connectivity index is 1.71. The highest BCUT2D eigenvalue weighted by Crippen LogP contribution is 2.27. The summed E-state index contributed by atoms with van der Waals surface area (Å²) in [5.41, 5.74) is 2.02. The number of esters is 1. The van der Waals surface area contributed by atoms with Crippen LogP contribution in [0, 0.1) is 10.1 Å². The number of aryl methyl sites for hydroxylation is 1. The van der Waals surface area contributed by atoms with Gasteiger partial charge in [0.2, 0.25) is 0 Å². The number of fused-ring (bicyclic) bond motifs is 1. The summed E-state index contributed by atoms with van der Waals surface area (Å²) < 4.78 is 10.2. The second-order valence-electron chi connectivity index (χ2n) is 6.76. The largest absolute Gasteiger partial charge is 0.452 e. The number of para-hydroxylation sites is 1. The van der Waals surface area contributed by atoms with E-state index in [0.29, 0.717) is 25.4 Å². The molecule has 0 aliphatic carbocycles. The molecule has 0 spiro atoms. The van der Waals surface area contributed by atoms with Crippen molar-refractivity contribution in [2.45, 2.75) is 12.8 Å². The van der Waals surface area contributed by atoms with Crippen LogP contribution in [0.25, 0.3) is 0 Å². The fraction of sp³-hybridized carbons (Fsp3) is 0.333. The van der Waals surface area contributed by atoms with E-state index in [0.717, 1.165) is 30.2 Å². The zero-order valence-electron chi connectivity index (χ0n) is 16.6. The molecule has 9 heteroatoms. The first-order chi connectivity index (χ1) is 14.5. The summed E-state index contributed by atoms with van der Waals surface area (Å²) in [6, 6.07) is 11.5. The smallest absolute Gasteiger partial charge is 0.341 e. The minimum atomic E-state index is -0.808. The van der Waals surface area contributed by atoms with Gasteiger partial charge in [0, 0.05) is 43.7 Å². The highest BCUT2D eigenvalue weighted by atomic mass is 16.6. The summed E-state index contributed by atoms with van der Waals surface area (Å²) in [6.45, 7) is 0.887. The molecule has 0 atom stereocenters. The molecule has 158 valence electrons. The Hall–Kier alpha value is -3.46. The second kappa shape index (κ2) is 9.84. The summed E-state index contributed by atoms with van der Waals surface area (Å²) in [4.78, 5) is 37.4. The van der Waals surface area contributed by atoms with E-state index in [1.165, 1.54) is 19.2 Å². The molecule has 1 aliphatic rings. The normalized spacial score (nSPS) is 12.8. The van der Waals surface area contributed by atoms with Crippen LogP contribution in [-0.2, 0) is 20.7 Å². The van der Waals surface area contributed by atoms with E-state index in [4.69, 9.17) is 9.47 Å². The van der Waals surface area contributed by atoms with Gasteiger partial charge in [-0.1, -0.05) is 18.2 Å². The highest BCUT2D eigenvalue weighted by Gasteiger charge is 2.24. The molecule has 3 rings (SSSR count). The molecule has 1 N–H and O–H groups in total. The van der Waals surface area contributed by atoms with Crippen molar-refractivity contribution in [1.29, 1.82) is 0 Å². The number of nitrogens with one attached hydrogen (secondary N) is 1. The molecule has 0 saturated heterocycles. The van der Waals surface area contributed by atoms with Crippen molar-refractivity contribution in [1.82, 2.24) is 0 Å². The SMILES string of the molecule is COCCNc1ccc([N+](=O)[O-])cc1C(=O)OCC(=O)N1CCCc2ccccc21. The number of hydrogen-bond donors (Lipinski definition) is 1. The Morgan fingerprint density at radius 3 is 2.80 bits per heavy atom. The van der Waals surface area contributed by atoms with Gasteiger partial charge >= 0.3 is 5.97 Å². The van der Waals surface area contributed by atoms with Gasteiger partial charge in [-0.3, -0.25) is 14.9 Å². The van der Waals surface area contributed by atoms with Crippen molar-refractivity contribution in [3.05, 3.63) is 63.7 Å². The third-order valence-electron chi connectivity index (χ3n) is 4.79. The number of hydrogen-bond acceptors (Lipinski definition) is 7. The molecule has 1 heterocycles. The van der Waals surface area contributed by atoms with Crippen molar-refractivity contribution in [2.24, 2.45) is 0 Å². The van der Waals surface area contributed by atoms with Crippen molar-refractivity contribution >= 4 is 28.9 Å². The first-order valence-electron chi connectivity index (χ1n) is 9.58. The van der Waals surface area contributed by atoms with Gasteiger partial charge in [-0.25, -0.2) is 4.79 Å². The van der Waals surface area contributed by atoms with Crippen LogP contribution in [0.5, 0.6) is 0 Å². The molecule has 1 aliphatic heterocycles. The molecule has 2 aromatic carbocycles. The van der Waals surface area contributed by atoms with Gasteiger partial charge in [-0.15, -0.1) is 0 Å². The lowest BCUT2D eigenvalue weighted by Crippen LogP contribution is -2.38. The molecular formula is C21H23N3O6. The van der Waals surface area contributed by atoms with Gasteiger partial charge in [0.05, 0.1) is 17.1 Å². The van der Waals surface area contributed by atoms with Crippen molar-refractivity contribution in [3.63, 3.8) is 0 Å². The van der Waals surface area contributed by atoms with Gasteiger partial charge in [0.15, 0.2) is 6.61 Å². The van der Waals surface area contributed by atoms with Gasteiger partial charge in [0.1, 0.15) is 0 Å². The maximum atomic E-state index is 12.7. The van der Waals surface area contributed by atoms with Gasteiger partial charge < -0.3 is 19.7 Å². The monoisotopic (exact) mass is 413 g/mol. The van der Waals surface area contributed by atoms with Crippen LogP contribution in [0.2, 0.25) is 0 Å². The quantitative estimate of drug-likeness (QED) is 0.307. The van der Waals surface area contributed by atoms with Crippen LogP contribution in [-0.4, -0.2) is 50.2 Å². The number of ether oxygens (including phenoxy) is 2. The summed E-state index contributed by atoms with van der Waals surface area (Å²) in [7, 11) is 1.54. The first kappa shape index (κ1) is 21.3. The molecule has 30 heavy (non-hydrogen) atoms. The lowest BCUT2D eigenvalue weighted by molar-refractivity contribution is -0.384. The second-order valence-corrected chi connectivity index (χ2v) is 6.76. The van der Waals surface area contributed by atoms with Crippen molar-refractivity contribution in [3.8, 4) is 0 Å². The lowest BCUT2D eigenvalue weighted by Gasteiger charge is -2.29. The first-order valence-corrected chi connectivity index (χ1v) is 9.58. The molecule has 0 bridgehead atoms. The lowest BCUT2D eigenvalue weighted by atomic mass is 10.0. The van der Waals surface area contributed by atoms with Crippen LogP contribution in [0.4, 0.5) is 17.1 Å². The Bertz CT molecular complexity index is 946. The summed E-state index contributed by atoms with van der Waals surface area (Å²) in [6.07, 6.45) is 1.72. The van der Waals surface area contributed by atoms with Crippen LogP contribution in [0.3, 0.4) is 0 Å². The number of non-ortho nitro benzene ring substituents is 1. The van der Waals surface area contributed by atoms with E-state index in [-0.39, 0.29) is 17.2 Å². The van der Waals surface area contributed by atoms with Gasteiger partial charge in [-0.05, 0) is 30.5 Å². The number of methoxy groups -OCH3 is 1. The number of amides is 1. The molecule has 9 nitrogen and oxygen atoms in total. The number of nitrogens with zero attached hydrogens (tertiary/aromatic N) is 2. The van der Waals surface area contributed by atoms with Crippen molar-refractivity contribution < 1.29 is 24.0 Å². The zero-order valence-corrected chi connectivity index (χ0v) is 16.6. The van der Waals surface area contributed by atoms with E-state index >= 15 is 0 Å². The number of carbonyl (C=O) groups is 2. The maximum absolute atomic E-state index is 12.7. The minimum Gasteiger partial charge on any atom is -0.452 e. The number of anilines is 2. The summed E-state index contributed by atoms with van der Waals surface area (Å²) >= 11 is 0. The molecular weight excluding hydrogens is 390 g/mol. The van der Waals surface area contributed by atoms with E-state index in [1.54, 1.807) is 4.90 Å². The number of benzene rings is 2.